The van der Waals surface area contributed by atoms with Crippen LogP contribution in [-0.4, -0.2) is 28.8 Å². The minimum Gasteiger partial charge on any atom is -0.480 e. The van der Waals surface area contributed by atoms with E-state index in [1.807, 2.05) is 0 Å². The molecule has 0 aromatic rings. The highest BCUT2D eigenvalue weighted by Crippen LogP contribution is 2.58. The van der Waals surface area contributed by atoms with Crippen molar-refractivity contribution in [2.75, 3.05) is 0 Å². The minimum absolute atomic E-state index is 0.0243. The van der Waals surface area contributed by atoms with Crippen LogP contribution in [0.15, 0.2) is 0 Å². The summed E-state index contributed by atoms with van der Waals surface area (Å²) in [6.07, 6.45) is 5.84. The summed E-state index contributed by atoms with van der Waals surface area (Å²) in [6, 6.07) is -0.831. The van der Waals surface area contributed by atoms with Gasteiger partial charge in [-0.1, -0.05) is 6.42 Å². The molecule has 5 nitrogen and oxygen atoms in total. The Bertz CT molecular complexity index is 395. The molecule has 5 heteroatoms. The molecule has 2 atom stereocenters. The number of alkyl carbamates (subject to hydrolysis) is 1. The maximum atomic E-state index is 11.8. The van der Waals surface area contributed by atoms with Crippen LogP contribution in [0.2, 0.25) is 0 Å². The van der Waals surface area contributed by atoms with Crippen molar-refractivity contribution in [3.05, 3.63) is 0 Å². The van der Waals surface area contributed by atoms with Crippen LogP contribution in [-0.2, 0) is 9.53 Å². The summed E-state index contributed by atoms with van der Waals surface area (Å²) in [7, 11) is 0. The number of carbonyl (C=O) groups is 2. The lowest BCUT2D eigenvalue weighted by Gasteiger charge is -2.33. The van der Waals surface area contributed by atoms with Gasteiger partial charge in [0.05, 0.1) is 0 Å². The number of carboxylic acids is 1. The number of hydrogen-bond donors (Lipinski definition) is 2. The Morgan fingerprint density at radius 3 is 2.45 bits per heavy atom. The molecule has 1 amide bonds. The molecule has 2 fully saturated rings. The number of nitrogens with one attached hydrogen (secondary N) is 1. The number of ether oxygens (including phenoxy) is 1. The first-order valence-corrected chi connectivity index (χ1v) is 7.43. The third-order valence-corrected chi connectivity index (χ3v) is 4.34. The van der Waals surface area contributed by atoms with Crippen molar-refractivity contribution in [1.82, 2.24) is 5.32 Å². The lowest BCUT2D eigenvalue weighted by molar-refractivity contribution is -0.141. The second-order valence-corrected chi connectivity index (χ2v) is 7.32. The van der Waals surface area contributed by atoms with Crippen LogP contribution < -0.4 is 5.32 Å². The van der Waals surface area contributed by atoms with Gasteiger partial charge in [-0.15, -0.1) is 0 Å². The van der Waals surface area contributed by atoms with Crippen molar-refractivity contribution >= 4 is 12.1 Å². The van der Waals surface area contributed by atoms with Gasteiger partial charge in [-0.2, -0.15) is 0 Å². The molecule has 1 spiro atoms. The van der Waals surface area contributed by atoms with E-state index in [0.717, 1.165) is 19.3 Å². The predicted octanol–water partition coefficient (Wildman–Crippen LogP) is 2.93. The molecule has 2 aliphatic rings. The second kappa shape index (κ2) is 5.26. The molecule has 0 aromatic carbocycles. The molecule has 2 saturated carbocycles. The Morgan fingerprint density at radius 2 is 1.95 bits per heavy atom. The fourth-order valence-corrected chi connectivity index (χ4v) is 3.23. The highest BCUT2D eigenvalue weighted by atomic mass is 16.6. The summed E-state index contributed by atoms with van der Waals surface area (Å²) in [4.78, 5) is 23.3. The van der Waals surface area contributed by atoms with Crippen LogP contribution in [0.4, 0.5) is 4.79 Å². The van der Waals surface area contributed by atoms with Crippen molar-refractivity contribution in [3.8, 4) is 0 Å². The van der Waals surface area contributed by atoms with E-state index in [-0.39, 0.29) is 5.92 Å². The summed E-state index contributed by atoms with van der Waals surface area (Å²) in [5.74, 6) is -0.935. The van der Waals surface area contributed by atoms with Gasteiger partial charge in [-0.05, 0) is 64.2 Å². The van der Waals surface area contributed by atoms with Gasteiger partial charge < -0.3 is 15.2 Å². The van der Waals surface area contributed by atoms with Crippen LogP contribution in [0.25, 0.3) is 0 Å². The molecular weight excluding hydrogens is 258 g/mol. The normalized spacial score (nSPS) is 25.9. The van der Waals surface area contributed by atoms with E-state index >= 15 is 0 Å². The highest BCUT2D eigenvalue weighted by Gasteiger charge is 2.48. The molecule has 0 unspecified atom stereocenters. The second-order valence-electron chi connectivity index (χ2n) is 7.32. The van der Waals surface area contributed by atoms with Gasteiger partial charge in [-0.25, -0.2) is 9.59 Å². The van der Waals surface area contributed by atoms with Crippen LogP contribution >= 0.6 is 0 Å². The van der Waals surface area contributed by atoms with Crippen molar-refractivity contribution in [1.29, 1.82) is 0 Å². The zero-order chi connectivity index (χ0) is 15.0. The van der Waals surface area contributed by atoms with Crippen LogP contribution in [0, 0.1) is 11.3 Å². The summed E-state index contributed by atoms with van der Waals surface area (Å²) < 4.78 is 5.16. The largest absolute Gasteiger partial charge is 0.480 e. The van der Waals surface area contributed by atoms with Gasteiger partial charge >= 0.3 is 12.1 Å². The maximum Gasteiger partial charge on any atom is 0.408 e. The smallest absolute Gasteiger partial charge is 0.408 e. The molecule has 0 aliphatic heterocycles. The number of carboxylic acid groups (broad SMARTS) is 1. The standard InChI is InChI=1S/C15H25NO4/c1-14(2,3)20-13(19)16-11(12(17)18)10-5-4-6-15(9-10)7-8-15/h10-11H,4-9H2,1-3H3,(H,16,19)(H,17,18)/t10-,11-/m0/s1. The van der Waals surface area contributed by atoms with Gasteiger partial charge in [0.15, 0.2) is 0 Å². The quantitative estimate of drug-likeness (QED) is 0.835. The molecule has 2 aliphatic carbocycles. The third kappa shape index (κ3) is 3.87. The Hall–Kier alpha value is -1.26. The van der Waals surface area contributed by atoms with Gasteiger partial charge in [0.1, 0.15) is 11.6 Å². The first kappa shape index (κ1) is 15.1. The first-order valence-electron chi connectivity index (χ1n) is 7.43. The molecule has 2 rings (SSSR count). The average molecular weight is 283 g/mol. The zero-order valence-corrected chi connectivity index (χ0v) is 12.6. The van der Waals surface area contributed by atoms with Crippen LogP contribution in [0.3, 0.4) is 0 Å². The zero-order valence-electron chi connectivity index (χ0n) is 12.6. The fourth-order valence-electron chi connectivity index (χ4n) is 3.23. The number of hydrogen-bond acceptors (Lipinski definition) is 3. The predicted molar refractivity (Wildman–Crippen MR) is 74.4 cm³/mol. The number of carbonyl (C=O) groups excluding carboxylic acids is 1. The Balaban J connectivity index is 1.96. The summed E-state index contributed by atoms with van der Waals surface area (Å²) in [5, 5.41) is 11.9. The fraction of sp³-hybridized carbons (Fsp3) is 0.867. The summed E-state index contributed by atoms with van der Waals surface area (Å²) in [6.45, 7) is 5.30. The van der Waals surface area contributed by atoms with E-state index in [1.54, 1.807) is 20.8 Å². The third-order valence-electron chi connectivity index (χ3n) is 4.34. The number of aliphatic carboxylic acids is 1. The van der Waals surface area contributed by atoms with Crippen molar-refractivity contribution in [2.24, 2.45) is 11.3 Å². The van der Waals surface area contributed by atoms with Gasteiger partial charge in [0.25, 0.3) is 0 Å². The van der Waals surface area contributed by atoms with Crippen molar-refractivity contribution in [2.45, 2.75) is 70.9 Å². The van der Waals surface area contributed by atoms with E-state index in [2.05, 4.69) is 5.32 Å². The molecule has 0 radical (unpaired) electrons. The lowest BCUT2D eigenvalue weighted by atomic mass is 9.76. The molecule has 20 heavy (non-hydrogen) atoms. The van der Waals surface area contributed by atoms with Crippen LogP contribution in [0.5, 0.6) is 0 Å². The number of amides is 1. The molecule has 0 heterocycles. The number of rotatable bonds is 3. The molecular formula is C15H25NO4. The maximum absolute atomic E-state index is 11.8. The minimum atomic E-state index is -0.960. The topological polar surface area (TPSA) is 75.6 Å². The van der Waals surface area contributed by atoms with Gasteiger partial charge in [0, 0.05) is 0 Å². The SMILES string of the molecule is CC(C)(C)OC(=O)N[C@H](C(=O)O)[C@H]1CCCC2(CC2)C1. The molecule has 114 valence electrons. The Kier molecular flexibility index (Phi) is 3.98. The first-order chi connectivity index (χ1) is 9.21. The molecule has 2 N–H and O–H groups in total. The van der Waals surface area contributed by atoms with E-state index < -0.39 is 23.7 Å². The van der Waals surface area contributed by atoms with Gasteiger partial charge in [0.2, 0.25) is 0 Å². The molecule has 0 bridgehead atoms. The molecule has 0 saturated heterocycles. The summed E-state index contributed by atoms with van der Waals surface area (Å²) in [5.41, 5.74) is -0.232. The van der Waals surface area contributed by atoms with E-state index in [9.17, 15) is 14.7 Å². The van der Waals surface area contributed by atoms with Crippen molar-refractivity contribution in [3.63, 3.8) is 0 Å². The van der Waals surface area contributed by atoms with E-state index in [0.29, 0.717) is 5.41 Å². The monoisotopic (exact) mass is 283 g/mol. The van der Waals surface area contributed by atoms with E-state index in [1.165, 1.54) is 19.3 Å². The lowest BCUT2D eigenvalue weighted by Crippen LogP contribution is -2.49. The molecule has 0 aromatic heterocycles. The summed E-state index contributed by atoms with van der Waals surface area (Å²) >= 11 is 0. The van der Waals surface area contributed by atoms with E-state index in [4.69, 9.17) is 4.74 Å². The highest BCUT2D eigenvalue weighted by molar-refractivity contribution is 5.80. The average Bonchev–Trinajstić information content (AvgIpc) is 3.02. The van der Waals surface area contributed by atoms with Crippen LogP contribution in [0.1, 0.15) is 59.3 Å². The van der Waals surface area contributed by atoms with Gasteiger partial charge in [-0.3, -0.25) is 0 Å². The van der Waals surface area contributed by atoms with Crippen molar-refractivity contribution < 1.29 is 19.4 Å². The Morgan fingerprint density at radius 1 is 1.30 bits per heavy atom. The Labute approximate surface area is 120 Å².